The van der Waals surface area contributed by atoms with Crippen LogP contribution in [-0.2, 0) is 11.3 Å². The van der Waals surface area contributed by atoms with Crippen molar-refractivity contribution in [3.8, 4) is 11.8 Å². The summed E-state index contributed by atoms with van der Waals surface area (Å²) in [6.07, 6.45) is 5.74. The molecule has 164 valence electrons. The molecule has 0 radical (unpaired) electrons. The highest BCUT2D eigenvalue weighted by Gasteiger charge is 2.18. The number of anilines is 2. The van der Waals surface area contributed by atoms with Crippen LogP contribution < -0.4 is 15.0 Å². The molecular formula is C23H24N6O2S. The number of benzene rings is 1. The van der Waals surface area contributed by atoms with Crippen molar-refractivity contribution in [2.24, 2.45) is 0 Å². The summed E-state index contributed by atoms with van der Waals surface area (Å²) in [6, 6.07) is 13.6. The minimum atomic E-state index is -0.500. The monoisotopic (exact) mass is 448 g/mol. The van der Waals surface area contributed by atoms with Crippen LogP contribution in [0.3, 0.4) is 0 Å². The molecule has 1 aliphatic rings. The van der Waals surface area contributed by atoms with Gasteiger partial charge in [0.25, 0.3) is 5.91 Å². The highest BCUT2D eigenvalue weighted by atomic mass is 32.1. The number of nitrogens with zero attached hydrogens (tertiary/aromatic N) is 5. The highest BCUT2D eigenvalue weighted by Crippen LogP contribution is 2.27. The number of aryl methyl sites for hydroxylation is 1. The normalized spacial score (nSPS) is 13.8. The summed E-state index contributed by atoms with van der Waals surface area (Å²) in [4.78, 5) is 14.8. The van der Waals surface area contributed by atoms with Gasteiger partial charge in [-0.3, -0.25) is 10.1 Å². The Morgan fingerprint density at radius 3 is 2.91 bits per heavy atom. The van der Waals surface area contributed by atoms with Crippen molar-refractivity contribution in [3.05, 3.63) is 59.4 Å². The molecule has 0 unspecified atom stereocenters. The Bertz CT molecular complexity index is 1150. The quantitative estimate of drug-likeness (QED) is 0.415. The molecule has 8 nitrogen and oxygen atoms in total. The van der Waals surface area contributed by atoms with Crippen molar-refractivity contribution < 1.29 is 9.53 Å². The first-order chi connectivity index (χ1) is 15.6. The fourth-order valence-corrected chi connectivity index (χ4v) is 4.28. The van der Waals surface area contributed by atoms with Crippen LogP contribution in [0.1, 0.15) is 24.1 Å². The lowest BCUT2D eigenvalue weighted by Gasteiger charge is -2.11. The van der Waals surface area contributed by atoms with Gasteiger partial charge in [0.1, 0.15) is 24.0 Å². The molecule has 1 fully saturated rings. The summed E-state index contributed by atoms with van der Waals surface area (Å²) in [5.41, 5.74) is 1.89. The van der Waals surface area contributed by atoms with Gasteiger partial charge in [-0.2, -0.15) is 5.26 Å². The van der Waals surface area contributed by atoms with E-state index in [4.69, 9.17) is 4.74 Å². The molecule has 1 N–H and O–H groups in total. The molecular weight excluding hydrogens is 424 g/mol. The molecule has 3 aromatic rings. The van der Waals surface area contributed by atoms with E-state index in [0.717, 1.165) is 48.1 Å². The number of ether oxygens (including phenoxy) is 1. The first-order valence-electron chi connectivity index (χ1n) is 10.5. The minimum Gasteiger partial charge on any atom is -0.492 e. The predicted octanol–water partition coefficient (Wildman–Crippen LogP) is 3.87. The lowest BCUT2D eigenvalue weighted by atomic mass is 10.2. The molecule has 0 bridgehead atoms. The molecule has 0 atom stereocenters. The summed E-state index contributed by atoms with van der Waals surface area (Å²) >= 11 is 1.32. The van der Waals surface area contributed by atoms with Crippen LogP contribution in [0, 0.1) is 18.3 Å². The maximum absolute atomic E-state index is 12.6. The van der Waals surface area contributed by atoms with Gasteiger partial charge < -0.3 is 14.2 Å². The van der Waals surface area contributed by atoms with Crippen LogP contribution in [0.25, 0.3) is 6.08 Å². The third-order valence-corrected chi connectivity index (χ3v) is 6.02. The molecule has 3 heterocycles. The first-order valence-corrected chi connectivity index (χ1v) is 11.3. The second kappa shape index (κ2) is 10.1. The minimum absolute atomic E-state index is 0.00229. The van der Waals surface area contributed by atoms with Crippen molar-refractivity contribution in [1.82, 2.24) is 14.8 Å². The summed E-state index contributed by atoms with van der Waals surface area (Å²) in [5, 5.41) is 21.6. The summed E-state index contributed by atoms with van der Waals surface area (Å²) in [7, 11) is 0. The molecule has 9 heteroatoms. The van der Waals surface area contributed by atoms with Gasteiger partial charge in [-0.05, 0) is 55.7 Å². The van der Waals surface area contributed by atoms with Crippen molar-refractivity contribution in [2.45, 2.75) is 26.3 Å². The zero-order valence-electron chi connectivity index (χ0n) is 17.8. The Labute approximate surface area is 190 Å². The molecule has 1 amide bonds. The zero-order chi connectivity index (χ0) is 22.3. The summed E-state index contributed by atoms with van der Waals surface area (Å²) in [5.74, 6) is 0.317. The summed E-state index contributed by atoms with van der Waals surface area (Å²) in [6.45, 7) is 4.98. The van der Waals surface area contributed by atoms with Gasteiger partial charge in [-0.1, -0.05) is 23.5 Å². The second-order valence-electron chi connectivity index (χ2n) is 7.50. The van der Waals surface area contributed by atoms with Crippen LogP contribution in [0.4, 0.5) is 10.3 Å². The number of rotatable bonds is 8. The van der Waals surface area contributed by atoms with Crippen molar-refractivity contribution in [3.63, 3.8) is 0 Å². The molecule has 2 aromatic heterocycles. The fourth-order valence-electron chi connectivity index (χ4n) is 3.49. The van der Waals surface area contributed by atoms with E-state index in [-0.39, 0.29) is 5.57 Å². The van der Waals surface area contributed by atoms with Crippen molar-refractivity contribution >= 4 is 33.6 Å². The van der Waals surface area contributed by atoms with Crippen molar-refractivity contribution in [2.75, 3.05) is 29.9 Å². The average Bonchev–Trinajstić information content (AvgIpc) is 3.54. The Balaban J connectivity index is 1.38. The van der Waals surface area contributed by atoms with Gasteiger partial charge in [0.2, 0.25) is 10.3 Å². The van der Waals surface area contributed by atoms with Gasteiger partial charge in [-0.15, -0.1) is 10.2 Å². The topological polar surface area (TPSA) is 96.1 Å². The average molecular weight is 449 g/mol. The van der Waals surface area contributed by atoms with E-state index in [1.807, 2.05) is 60.2 Å². The Morgan fingerprint density at radius 1 is 1.28 bits per heavy atom. The lowest BCUT2D eigenvalue weighted by molar-refractivity contribution is -0.112. The number of amides is 1. The number of hydrogen-bond acceptors (Lipinski definition) is 7. The predicted molar refractivity (Wildman–Crippen MR) is 125 cm³/mol. The number of carbonyl (C=O) groups is 1. The van der Waals surface area contributed by atoms with E-state index in [0.29, 0.717) is 18.3 Å². The lowest BCUT2D eigenvalue weighted by Crippen LogP contribution is -2.17. The Kier molecular flexibility index (Phi) is 6.82. The van der Waals surface area contributed by atoms with E-state index < -0.39 is 5.91 Å². The van der Waals surface area contributed by atoms with Gasteiger partial charge in [0.05, 0.1) is 6.54 Å². The molecule has 0 spiro atoms. The highest BCUT2D eigenvalue weighted by molar-refractivity contribution is 7.19. The van der Waals surface area contributed by atoms with Gasteiger partial charge in [0, 0.05) is 25.0 Å². The van der Waals surface area contributed by atoms with E-state index in [9.17, 15) is 10.1 Å². The number of aromatic nitrogens is 3. The maximum atomic E-state index is 12.6. The molecule has 1 aromatic carbocycles. The molecule has 32 heavy (non-hydrogen) atoms. The van der Waals surface area contributed by atoms with Crippen LogP contribution in [0.5, 0.6) is 5.75 Å². The standard InChI is InChI=1S/C23H24N6O2S/c1-17-6-4-8-20(14-17)31-13-12-28-11-5-7-19(28)15-18(16-24)21(30)25-22-26-27-23(32-22)29-9-2-3-10-29/h4-8,11,14-15H,2-3,9-10,12-13H2,1H3,(H,25,26,30)/b18-15-. The fraction of sp³-hybridized carbons (Fsp3) is 0.304. The van der Waals surface area contributed by atoms with Gasteiger partial charge in [0.15, 0.2) is 0 Å². The van der Waals surface area contributed by atoms with E-state index in [1.54, 1.807) is 6.08 Å². The van der Waals surface area contributed by atoms with Gasteiger partial charge >= 0.3 is 0 Å². The van der Waals surface area contributed by atoms with Gasteiger partial charge in [-0.25, -0.2) is 0 Å². The van der Waals surface area contributed by atoms with Crippen LogP contribution in [-0.4, -0.2) is 40.4 Å². The van der Waals surface area contributed by atoms with E-state index in [1.165, 1.54) is 11.3 Å². The Hall–Kier alpha value is -3.64. The number of nitriles is 1. The van der Waals surface area contributed by atoms with Crippen molar-refractivity contribution in [1.29, 1.82) is 5.26 Å². The zero-order valence-corrected chi connectivity index (χ0v) is 18.6. The molecule has 1 saturated heterocycles. The Morgan fingerprint density at radius 2 is 2.12 bits per heavy atom. The second-order valence-corrected chi connectivity index (χ2v) is 8.46. The molecule has 1 aliphatic heterocycles. The van der Waals surface area contributed by atoms with Crippen LogP contribution in [0.15, 0.2) is 48.2 Å². The van der Waals surface area contributed by atoms with E-state index in [2.05, 4.69) is 20.4 Å². The smallest absolute Gasteiger partial charge is 0.268 e. The maximum Gasteiger partial charge on any atom is 0.268 e. The first kappa shape index (κ1) is 21.6. The number of carbonyl (C=O) groups excluding carboxylic acids is 1. The number of nitrogens with one attached hydrogen (secondary N) is 1. The largest absolute Gasteiger partial charge is 0.492 e. The number of hydrogen-bond donors (Lipinski definition) is 1. The molecule has 0 aliphatic carbocycles. The summed E-state index contributed by atoms with van der Waals surface area (Å²) < 4.78 is 7.76. The SMILES string of the molecule is Cc1cccc(OCCn2cccc2/C=C(/C#N)C(=O)Nc2nnc(N3CCCC3)s2)c1. The van der Waals surface area contributed by atoms with Crippen LogP contribution >= 0.6 is 11.3 Å². The third-order valence-electron chi connectivity index (χ3n) is 5.12. The van der Waals surface area contributed by atoms with Crippen LogP contribution in [0.2, 0.25) is 0 Å². The molecule has 4 rings (SSSR count). The molecule has 0 saturated carbocycles. The van der Waals surface area contributed by atoms with E-state index >= 15 is 0 Å². The third kappa shape index (κ3) is 5.34.